The number of methoxy groups -OCH3 is 2. The van der Waals surface area contributed by atoms with E-state index in [9.17, 15) is 19.2 Å². The van der Waals surface area contributed by atoms with Gasteiger partial charge in [-0.05, 0) is 95.9 Å². The largest absolute Gasteiger partial charge is 0.453 e. The minimum absolute atomic E-state index is 0.114. The quantitative estimate of drug-likeness (QED) is 0.108. The molecule has 10 atom stereocenters. The Morgan fingerprint density at radius 3 is 1.39 bits per heavy atom. The first-order chi connectivity index (χ1) is 30.7. The number of fused-ring (bicyclic) bond motifs is 5. The van der Waals surface area contributed by atoms with Crippen LogP contribution in [-0.2, 0) is 19.1 Å². The molecule has 2 aliphatic heterocycles. The van der Waals surface area contributed by atoms with E-state index in [1.165, 1.54) is 14.2 Å². The number of carbonyl (C=O) groups is 4. The van der Waals surface area contributed by atoms with Crippen molar-refractivity contribution in [3.05, 3.63) is 72.6 Å². The lowest BCUT2D eigenvalue weighted by atomic mass is 10.0. The van der Waals surface area contributed by atoms with Crippen molar-refractivity contribution in [2.75, 3.05) is 14.2 Å². The van der Waals surface area contributed by atoms with Crippen LogP contribution in [0.15, 0.2) is 60.9 Å². The van der Waals surface area contributed by atoms with Gasteiger partial charge in [0.2, 0.25) is 11.8 Å². The zero-order valence-electron chi connectivity index (χ0n) is 37.2. The van der Waals surface area contributed by atoms with E-state index in [1.54, 1.807) is 0 Å². The topological polar surface area (TPSA) is 200 Å². The number of nitrogens with zero attached hydrogens (tertiary/aromatic N) is 6. The first kappa shape index (κ1) is 41.4. The van der Waals surface area contributed by atoms with Crippen LogP contribution in [-0.4, -0.2) is 102 Å². The molecule has 0 bridgehead atoms. The first-order valence-electron chi connectivity index (χ1n) is 22.3. The van der Waals surface area contributed by atoms with Gasteiger partial charge in [0.25, 0.3) is 0 Å². The fourth-order valence-corrected chi connectivity index (χ4v) is 10.7. The summed E-state index contributed by atoms with van der Waals surface area (Å²) in [6.45, 7) is 12.0. The lowest BCUT2D eigenvalue weighted by Gasteiger charge is -2.32. The number of rotatable bonds is 10. The number of likely N-dealkylation sites (tertiary alicyclic amines) is 2. The van der Waals surface area contributed by atoms with Crippen LogP contribution in [0.3, 0.4) is 0 Å². The van der Waals surface area contributed by atoms with E-state index in [0.29, 0.717) is 23.7 Å². The second-order valence-corrected chi connectivity index (χ2v) is 18.9. The van der Waals surface area contributed by atoms with Crippen LogP contribution < -0.4 is 10.6 Å². The Labute approximate surface area is 370 Å². The summed E-state index contributed by atoms with van der Waals surface area (Å²) in [7, 11) is 2.60. The summed E-state index contributed by atoms with van der Waals surface area (Å²) in [5.74, 6) is 2.58. The molecule has 4 aromatic heterocycles. The molecule has 6 heterocycles. The Morgan fingerprint density at radius 1 is 0.609 bits per heavy atom. The van der Waals surface area contributed by atoms with Crippen molar-refractivity contribution < 1.29 is 28.7 Å². The molecule has 4 fully saturated rings. The summed E-state index contributed by atoms with van der Waals surface area (Å²) in [6.07, 6.45) is 4.09. The first-order valence-corrected chi connectivity index (χ1v) is 22.3. The molecule has 64 heavy (non-hydrogen) atoms. The van der Waals surface area contributed by atoms with Gasteiger partial charge in [-0.3, -0.25) is 19.6 Å². The molecule has 4 aliphatic rings. The summed E-state index contributed by atoms with van der Waals surface area (Å²) in [5.41, 5.74) is 8.56. The Kier molecular flexibility index (Phi) is 10.1. The average Bonchev–Trinajstić information content (AvgIpc) is 3.74. The van der Waals surface area contributed by atoms with E-state index >= 15 is 0 Å². The molecule has 6 aromatic rings. The van der Waals surface area contributed by atoms with Gasteiger partial charge in [0.15, 0.2) is 0 Å². The number of amides is 4. The number of carbonyl (C=O) groups excluding carboxylic acids is 4. The molecule has 0 spiro atoms. The average molecular weight is 867 g/mol. The standard InChI is InChI=1S/C48H54N10O6/c1-21(2)39(55-47(61)63-7)45(59)57-37(17-29-23(5)41(29)57)43-51-31-11-9-25(13-35(31)53-43)27-15-33-34(49-19-27)16-28(20-50-33)26-10-12-32-36(14-26)54-44(52-32)38-18-30-24(6)42(30)58(38)46(60)40(22(3)4)56-48(62)64-8/h9-16,19-24,29-30,37-42H,17-18H2,1-8H3,(H,51,53)(H,52,54)(H,55,61)(H,56,62)/t23-,24-,29+,30+,37+,38+,39+,40+,41-,42-/m1/s1. The van der Waals surface area contributed by atoms with Gasteiger partial charge in [0, 0.05) is 35.6 Å². The zero-order chi connectivity index (χ0) is 44.9. The second-order valence-electron chi connectivity index (χ2n) is 18.9. The molecule has 4 N–H and O–H groups in total. The molecule has 0 radical (unpaired) electrons. The Bertz CT molecular complexity index is 2660. The van der Waals surface area contributed by atoms with Crippen molar-refractivity contribution >= 4 is 57.1 Å². The third-order valence-corrected chi connectivity index (χ3v) is 14.5. The number of ether oxygens (including phenoxy) is 2. The fraction of sp³-hybridized carbons (Fsp3) is 0.458. The van der Waals surface area contributed by atoms with Crippen molar-refractivity contribution in [3.63, 3.8) is 0 Å². The Balaban J connectivity index is 0.875. The van der Waals surface area contributed by atoms with Gasteiger partial charge in [0.1, 0.15) is 23.7 Å². The maximum atomic E-state index is 14.1. The monoisotopic (exact) mass is 866 g/mol. The number of hydrogen-bond donors (Lipinski definition) is 4. The number of nitrogens with one attached hydrogen (secondary N) is 4. The van der Waals surface area contributed by atoms with Crippen molar-refractivity contribution in [3.8, 4) is 22.3 Å². The molecule has 4 amide bonds. The van der Waals surface area contributed by atoms with Crippen LogP contribution >= 0.6 is 0 Å². The van der Waals surface area contributed by atoms with Crippen LogP contribution in [0.2, 0.25) is 0 Å². The van der Waals surface area contributed by atoms with Gasteiger partial charge < -0.3 is 39.9 Å². The highest BCUT2D eigenvalue weighted by Crippen LogP contribution is 2.59. The minimum Gasteiger partial charge on any atom is -0.453 e. The smallest absolute Gasteiger partial charge is 0.407 e. The summed E-state index contributed by atoms with van der Waals surface area (Å²) in [6, 6.07) is 14.6. The van der Waals surface area contributed by atoms with Gasteiger partial charge in [0.05, 0.1) is 59.4 Å². The van der Waals surface area contributed by atoms with Crippen LogP contribution in [0.25, 0.3) is 55.4 Å². The van der Waals surface area contributed by atoms with Gasteiger partial charge in [-0.2, -0.15) is 0 Å². The van der Waals surface area contributed by atoms with E-state index in [2.05, 4.69) is 46.6 Å². The number of aromatic nitrogens is 6. The molecule has 10 rings (SSSR count). The molecule has 2 aliphatic carbocycles. The van der Waals surface area contributed by atoms with E-state index in [0.717, 1.165) is 79.8 Å². The molecular weight excluding hydrogens is 813 g/mol. The second kappa shape index (κ2) is 15.6. The maximum absolute atomic E-state index is 14.1. The van der Waals surface area contributed by atoms with E-state index in [1.807, 2.05) is 86.3 Å². The minimum atomic E-state index is -0.707. The normalized spacial score (nSPS) is 25.4. The van der Waals surface area contributed by atoms with Gasteiger partial charge in [-0.15, -0.1) is 0 Å². The number of aromatic amines is 2. The van der Waals surface area contributed by atoms with Crippen LogP contribution in [0.5, 0.6) is 0 Å². The molecule has 16 nitrogen and oxygen atoms in total. The number of alkyl carbamates (subject to hydrolysis) is 2. The Morgan fingerprint density at radius 2 is 1.02 bits per heavy atom. The predicted molar refractivity (Wildman–Crippen MR) is 239 cm³/mol. The van der Waals surface area contributed by atoms with E-state index < -0.39 is 24.3 Å². The highest BCUT2D eigenvalue weighted by Gasteiger charge is 2.62. The van der Waals surface area contributed by atoms with Crippen LogP contribution in [0.4, 0.5) is 9.59 Å². The highest BCUT2D eigenvalue weighted by atomic mass is 16.5. The van der Waals surface area contributed by atoms with Crippen LogP contribution in [0, 0.1) is 35.5 Å². The van der Waals surface area contributed by atoms with Crippen molar-refractivity contribution in [1.82, 2.24) is 50.3 Å². The molecule has 2 saturated carbocycles. The summed E-state index contributed by atoms with van der Waals surface area (Å²) in [5, 5.41) is 5.52. The molecule has 16 heteroatoms. The number of pyridine rings is 2. The fourth-order valence-electron chi connectivity index (χ4n) is 10.7. The lowest BCUT2D eigenvalue weighted by Crippen LogP contribution is -2.52. The third-order valence-electron chi connectivity index (χ3n) is 14.5. The van der Waals surface area contributed by atoms with Crippen LogP contribution in [0.1, 0.15) is 78.1 Å². The summed E-state index contributed by atoms with van der Waals surface area (Å²) >= 11 is 0. The van der Waals surface area contributed by atoms with E-state index in [4.69, 9.17) is 29.4 Å². The molecule has 0 unspecified atom stereocenters. The summed E-state index contributed by atoms with van der Waals surface area (Å²) in [4.78, 5) is 83.0. The highest BCUT2D eigenvalue weighted by molar-refractivity contribution is 5.90. The van der Waals surface area contributed by atoms with Gasteiger partial charge in [-0.1, -0.05) is 53.7 Å². The molecular formula is C48H54N10O6. The van der Waals surface area contributed by atoms with Gasteiger partial charge >= 0.3 is 12.2 Å². The summed E-state index contributed by atoms with van der Waals surface area (Å²) < 4.78 is 9.68. The number of H-pyrrole nitrogens is 2. The number of hydrogen-bond acceptors (Lipinski definition) is 10. The third kappa shape index (κ3) is 6.97. The maximum Gasteiger partial charge on any atom is 0.407 e. The molecule has 2 aromatic carbocycles. The van der Waals surface area contributed by atoms with Crippen molar-refractivity contribution in [1.29, 1.82) is 0 Å². The van der Waals surface area contributed by atoms with Crippen molar-refractivity contribution in [2.24, 2.45) is 35.5 Å². The van der Waals surface area contributed by atoms with Crippen molar-refractivity contribution in [2.45, 2.75) is 90.6 Å². The number of piperidine rings is 2. The molecule has 2 saturated heterocycles. The zero-order valence-corrected chi connectivity index (χ0v) is 37.2. The molecule has 332 valence electrons. The Hall–Kier alpha value is -6.58. The predicted octanol–water partition coefficient (Wildman–Crippen LogP) is 7.29. The lowest BCUT2D eigenvalue weighted by molar-refractivity contribution is -0.137. The van der Waals surface area contributed by atoms with Gasteiger partial charge in [-0.25, -0.2) is 19.6 Å². The number of benzene rings is 2. The van der Waals surface area contributed by atoms with E-state index in [-0.39, 0.29) is 47.8 Å². The SMILES string of the molecule is COC(=O)N[C@H](C(=O)N1[C@@H]2[C@H](C)[C@@H]2C[C@H]1c1nc2ccc(-c3cnc4cc(-c5ccc6nc([C@@H]7C[C@H]8[C@@H](C)[C@H]8N7C(=O)[C@@H](NC(=O)OC)C(C)C)[nH]c6c5)cnc4c3)cc2[nH]1)C(C)C. The number of imidazole rings is 2.